The van der Waals surface area contributed by atoms with E-state index in [0.29, 0.717) is 17.9 Å². The molecule has 1 N–H and O–H groups in total. The van der Waals surface area contributed by atoms with Gasteiger partial charge in [0.1, 0.15) is 24.2 Å². The number of anilines is 1. The number of hydrogen-bond acceptors (Lipinski definition) is 5. The molecule has 0 spiro atoms. The monoisotopic (exact) mass is 637 g/mol. The fourth-order valence-electron chi connectivity index (χ4n) is 4.67. The van der Waals surface area contributed by atoms with Crippen LogP contribution in [0.2, 0.25) is 5.02 Å². The Morgan fingerprint density at radius 2 is 1.59 bits per heavy atom. The predicted molar refractivity (Wildman–Crippen MR) is 169 cm³/mol. The molecule has 4 aromatic rings. The van der Waals surface area contributed by atoms with Crippen LogP contribution < -0.4 is 14.4 Å². The summed E-state index contributed by atoms with van der Waals surface area (Å²) in [5.41, 5.74) is 1.54. The zero-order valence-electron chi connectivity index (χ0n) is 24.3. The van der Waals surface area contributed by atoms with Crippen LogP contribution in [-0.4, -0.2) is 51.4 Å². The smallest absolute Gasteiger partial charge is 0.264 e. The molecule has 230 valence electrons. The lowest BCUT2D eigenvalue weighted by Gasteiger charge is -2.33. The van der Waals surface area contributed by atoms with E-state index in [1.54, 1.807) is 19.1 Å². The maximum absolute atomic E-state index is 14.3. The molecule has 44 heavy (non-hydrogen) atoms. The van der Waals surface area contributed by atoms with E-state index in [-0.39, 0.29) is 28.6 Å². The fourth-order valence-corrected chi connectivity index (χ4v) is 6.26. The number of sulfonamides is 1. The summed E-state index contributed by atoms with van der Waals surface area (Å²) >= 11 is 6.24. The summed E-state index contributed by atoms with van der Waals surface area (Å²) in [5, 5.41) is 3.08. The van der Waals surface area contributed by atoms with Crippen molar-refractivity contribution in [2.24, 2.45) is 0 Å². The Kier molecular flexibility index (Phi) is 11.0. The summed E-state index contributed by atoms with van der Waals surface area (Å²) in [6.45, 7) is 1.38. The minimum absolute atomic E-state index is 0.0688. The minimum atomic E-state index is -4.30. The molecule has 1 atom stereocenters. The van der Waals surface area contributed by atoms with E-state index in [1.165, 1.54) is 72.7 Å². The number of carbonyl (C=O) groups is 2. The zero-order chi connectivity index (χ0) is 31.7. The molecule has 0 saturated heterocycles. The van der Waals surface area contributed by atoms with Crippen LogP contribution in [0.1, 0.15) is 18.1 Å². The van der Waals surface area contributed by atoms with Crippen molar-refractivity contribution in [3.63, 3.8) is 0 Å². The number of hydrogen-bond donors (Lipinski definition) is 1. The largest absolute Gasteiger partial charge is 0.497 e. The van der Waals surface area contributed by atoms with Crippen LogP contribution >= 0.6 is 11.6 Å². The van der Waals surface area contributed by atoms with Gasteiger partial charge in [-0.1, -0.05) is 60.1 Å². The van der Waals surface area contributed by atoms with Crippen molar-refractivity contribution >= 4 is 39.1 Å². The number of ether oxygens (including phenoxy) is 1. The molecule has 0 aliphatic rings. The standard InChI is InChI=1S/C33H33ClFN3O5S/c1-3-36-33(40)31(20-24-8-5-4-6-9-24)37(22-25-12-14-27(35)15-13-25)32(39)23-38(28-11-7-10-26(34)21-28)44(41,42)30-18-16-29(43-2)17-19-30/h4-19,21,31H,3,20,22-23H2,1-2H3,(H,36,40)/t31-/m1/s1. The van der Waals surface area contributed by atoms with Crippen molar-refractivity contribution in [2.45, 2.75) is 30.8 Å². The lowest BCUT2D eigenvalue weighted by Crippen LogP contribution is -2.53. The first-order valence-electron chi connectivity index (χ1n) is 13.9. The minimum Gasteiger partial charge on any atom is -0.497 e. The molecule has 0 unspecified atom stereocenters. The Morgan fingerprint density at radius 3 is 2.20 bits per heavy atom. The summed E-state index contributed by atoms with van der Waals surface area (Å²) in [5.74, 6) is -1.03. The number of likely N-dealkylation sites (N-methyl/N-ethyl adjacent to an activating group) is 1. The van der Waals surface area contributed by atoms with E-state index in [2.05, 4.69) is 5.32 Å². The second-order valence-corrected chi connectivity index (χ2v) is 12.2. The molecule has 8 nitrogen and oxygen atoms in total. The number of rotatable bonds is 13. The molecule has 0 fully saturated rings. The number of benzene rings is 4. The molecule has 2 amide bonds. The molecule has 0 aliphatic carbocycles. The van der Waals surface area contributed by atoms with Crippen LogP contribution in [0.15, 0.2) is 108 Å². The van der Waals surface area contributed by atoms with Gasteiger partial charge >= 0.3 is 0 Å². The predicted octanol–water partition coefficient (Wildman–Crippen LogP) is 5.46. The van der Waals surface area contributed by atoms with Crippen LogP contribution in [0.25, 0.3) is 0 Å². The van der Waals surface area contributed by atoms with Crippen LogP contribution in [0.5, 0.6) is 5.75 Å². The first-order valence-corrected chi connectivity index (χ1v) is 15.7. The third kappa shape index (κ3) is 8.15. The van der Waals surface area contributed by atoms with E-state index in [9.17, 15) is 22.4 Å². The van der Waals surface area contributed by atoms with Gasteiger partial charge in [0.25, 0.3) is 10.0 Å². The zero-order valence-corrected chi connectivity index (χ0v) is 25.9. The summed E-state index contributed by atoms with van der Waals surface area (Å²) in [4.78, 5) is 29.1. The van der Waals surface area contributed by atoms with Gasteiger partial charge in [-0.25, -0.2) is 12.8 Å². The molecule has 11 heteroatoms. The Bertz CT molecular complexity index is 1670. The fraction of sp³-hybridized carbons (Fsp3) is 0.212. The maximum atomic E-state index is 14.3. The van der Waals surface area contributed by atoms with Crippen LogP contribution in [-0.2, 0) is 32.6 Å². The lowest BCUT2D eigenvalue weighted by molar-refractivity contribution is -0.140. The van der Waals surface area contributed by atoms with Gasteiger partial charge in [0.2, 0.25) is 11.8 Å². The summed E-state index contributed by atoms with van der Waals surface area (Å²) in [6, 6.07) is 25.7. The van der Waals surface area contributed by atoms with E-state index >= 15 is 0 Å². The highest BCUT2D eigenvalue weighted by Crippen LogP contribution is 2.28. The van der Waals surface area contributed by atoms with Crippen molar-refractivity contribution < 1.29 is 27.1 Å². The molecule has 4 rings (SSSR count). The third-order valence-corrected chi connectivity index (χ3v) is 8.93. The van der Waals surface area contributed by atoms with Gasteiger partial charge in [-0.3, -0.25) is 13.9 Å². The van der Waals surface area contributed by atoms with Gasteiger partial charge < -0.3 is 15.0 Å². The Hall–Kier alpha value is -4.41. The number of halogens is 2. The van der Waals surface area contributed by atoms with Crippen LogP contribution in [0, 0.1) is 5.82 Å². The van der Waals surface area contributed by atoms with Gasteiger partial charge in [-0.2, -0.15) is 0 Å². The topological polar surface area (TPSA) is 96.0 Å². The van der Waals surface area contributed by atoms with Gasteiger partial charge in [-0.15, -0.1) is 0 Å². The van der Waals surface area contributed by atoms with Crippen LogP contribution in [0.4, 0.5) is 10.1 Å². The molecule has 0 aliphatic heterocycles. The van der Waals surface area contributed by atoms with Gasteiger partial charge in [0.05, 0.1) is 17.7 Å². The number of methoxy groups -OCH3 is 1. The van der Waals surface area contributed by atoms with E-state index < -0.39 is 40.2 Å². The van der Waals surface area contributed by atoms with Crippen molar-refractivity contribution in [1.29, 1.82) is 0 Å². The summed E-state index contributed by atoms with van der Waals surface area (Å²) < 4.78 is 48.0. The second kappa shape index (κ2) is 14.9. The molecule has 0 heterocycles. The molecule has 0 aromatic heterocycles. The Balaban J connectivity index is 1.79. The molecule has 0 bridgehead atoms. The number of amides is 2. The Morgan fingerprint density at radius 1 is 0.909 bits per heavy atom. The second-order valence-electron chi connectivity index (χ2n) is 9.92. The van der Waals surface area contributed by atoms with Crippen molar-refractivity contribution in [3.05, 3.63) is 125 Å². The van der Waals surface area contributed by atoms with Gasteiger partial charge in [0, 0.05) is 24.5 Å². The molecule has 4 aromatic carbocycles. The highest BCUT2D eigenvalue weighted by Gasteiger charge is 2.34. The number of nitrogens with zero attached hydrogens (tertiary/aromatic N) is 2. The van der Waals surface area contributed by atoms with E-state index in [0.717, 1.165) is 9.87 Å². The molecule has 0 saturated carbocycles. The molecular weight excluding hydrogens is 605 g/mol. The maximum Gasteiger partial charge on any atom is 0.264 e. The Labute approximate surface area is 262 Å². The summed E-state index contributed by atoms with van der Waals surface area (Å²) in [7, 11) is -2.83. The highest BCUT2D eigenvalue weighted by atomic mass is 35.5. The highest BCUT2D eigenvalue weighted by molar-refractivity contribution is 7.92. The lowest BCUT2D eigenvalue weighted by atomic mass is 10.0. The third-order valence-electron chi connectivity index (χ3n) is 6.91. The first-order chi connectivity index (χ1) is 21.1. The molecular formula is C33H33ClFN3O5S. The van der Waals surface area contributed by atoms with Crippen molar-refractivity contribution in [1.82, 2.24) is 10.2 Å². The number of nitrogens with one attached hydrogen (secondary N) is 1. The first kappa shape index (κ1) is 32.5. The quantitative estimate of drug-likeness (QED) is 0.210. The SMILES string of the molecule is CCNC(=O)[C@@H](Cc1ccccc1)N(Cc1ccc(F)cc1)C(=O)CN(c1cccc(Cl)c1)S(=O)(=O)c1ccc(OC)cc1. The molecule has 0 radical (unpaired) electrons. The number of carbonyl (C=O) groups excluding carboxylic acids is 2. The van der Waals surface area contributed by atoms with Crippen LogP contribution in [0.3, 0.4) is 0 Å². The van der Waals surface area contributed by atoms with Crippen molar-refractivity contribution in [3.8, 4) is 5.75 Å². The van der Waals surface area contributed by atoms with E-state index in [1.807, 2.05) is 30.3 Å². The normalized spacial score (nSPS) is 11.8. The van der Waals surface area contributed by atoms with E-state index in [4.69, 9.17) is 16.3 Å². The van der Waals surface area contributed by atoms with Gasteiger partial charge in [-0.05, 0) is 72.6 Å². The average molecular weight is 638 g/mol. The van der Waals surface area contributed by atoms with Crippen molar-refractivity contribution in [2.75, 3.05) is 24.5 Å². The van der Waals surface area contributed by atoms with Gasteiger partial charge in [0.15, 0.2) is 0 Å². The summed E-state index contributed by atoms with van der Waals surface area (Å²) in [6.07, 6.45) is 0.169. The average Bonchev–Trinajstić information content (AvgIpc) is 3.02.